The fourth-order valence-corrected chi connectivity index (χ4v) is 4.20. The van der Waals surface area contributed by atoms with Gasteiger partial charge in [0.1, 0.15) is 11.3 Å². The molecular formula is C25H20N4OS. The number of hydrogen-bond donors (Lipinski definition) is 0. The zero-order valence-corrected chi connectivity index (χ0v) is 18.0. The normalized spacial score (nSPS) is 12.3. The summed E-state index contributed by atoms with van der Waals surface area (Å²) in [5.74, 6) is 0.748. The third kappa shape index (κ3) is 3.98. The molecule has 5 rings (SSSR count). The number of nitrogens with zero attached hydrogens (tertiary/aromatic N) is 4. The summed E-state index contributed by atoms with van der Waals surface area (Å²) in [6, 6.07) is 22.0. The Balaban J connectivity index is 1.68. The van der Waals surface area contributed by atoms with E-state index in [1.807, 2.05) is 64.7 Å². The molecule has 3 aromatic heterocycles. The van der Waals surface area contributed by atoms with Crippen LogP contribution in [-0.2, 0) is 0 Å². The summed E-state index contributed by atoms with van der Waals surface area (Å²) in [6.07, 6.45) is 3.49. The number of fused-ring (bicyclic) bond motifs is 1. The van der Waals surface area contributed by atoms with Crippen LogP contribution in [-0.4, -0.2) is 15.9 Å². The molecule has 0 spiro atoms. The lowest BCUT2D eigenvalue weighted by atomic mass is 10.1. The Morgan fingerprint density at radius 1 is 1.00 bits per heavy atom. The summed E-state index contributed by atoms with van der Waals surface area (Å²) in [5, 5.41) is 7.79. The number of aryl methyl sites for hydroxylation is 2. The topological polar surface area (TPSA) is 55.7 Å². The highest BCUT2D eigenvalue weighted by Gasteiger charge is 2.13. The van der Waals surface area contributed by atoms with Crippen molar-refractivity contribution in [3.05, 3.63) is 99.9 Å². The first-order valence-corrected chi connectivity index (χ1v) is 10.8. The van der Waals surface area contributed by atoms with Crippen LogP contribution in [0.5, 0.6) is 0 Å². The van der Waals surface area contributed by atoms with Gasteiger partial charge in [-0.1, -0.05) is 42.0 Å². The molecule has 0 aliphatic rings. The molecule has 152 valence electrons. The lowest BCUT2D eigenvalue weighted by Gasteiger charge is -2.03. The standard InChI is InChI=1S/C25H20N4OS/c1-17-10-11-21(18(2)13-17)28-25-29(27-15-20-8-5-6-12-26-20)22(16-31-25)24-14-19-7-3-4-9-23(19)30-24/h3-16H,1-2H3. The van der Waals surface area contributed by atoms with E-state index in [2.05, 4.69) is 31.0 Å². The van der Waals surface area contributed by atoms with E-state index in [-0.39, 0.29) is 0 Å². The molecule has 3 heterocycles. The van der Waals surface area contributed by atoms with Crippen LogP contribution in [0.3, 0.4) is 0 Å². The van der Waals surface area contributed by atoms with E-state index in [0.717, 1.165) is 44.2 Å². The Morgan fingerprint density at radius 2 is 1.87 bits per heavy atom. The average Bonchev–Trinajstić information content (AvgIpc) is 3.38. The van der Waals surface area contributed by atoms with Gasteiger partial charge in [-0.25, -0.2) is 9.67 Å². The molecule has 0 aliphatic heterocycles. The zero-order valence-electron chi connectivity index (χ0n) is 17.2. The quantitative estimate of drug-likeness (QED) is 0.328. The van der Waals surface area contributed by atoms with Gasteiger partial charge in [0.05, 0.1) is 17.6 Å². The number of pyridine rings is 1. The maximum atomic E-state index is 6.10. The number of furan rings is 1. The number of thiazole rings is 1. The molecule has 0 aliphatic carbocycles. The summed E-state index contributed by atoms with van der Waals surface area (Å²) in [5.41, 5.74) is 5.72. The molecule has 0 atom stereocenters. The van der Waals surface area contributed by atoms with Gasteiger partial charge in [-0.05, 0) is 49.7 Å². The van der Waals surface area contributed by atoms with Gasteiger partial charge in [0.2, 0.25) is 4.80 Å². The van der Waals surface area contributed by atoms with E-state index in [1.165, 1.54) is 16.9 Å². The van der Waals surface area contributed by atoms with E-state index >= 15 is 0 Å². The minimum absolute atomic E-state index is 0.748. The van der Waals surface area contributed by atoms with Crippen molar-refractivity contribution in [1.29, 1.82) is 0 Å². The zero-order chi connectivity index (χ0) is 21.2. The van der Waals surface area contributed by atoms with E-state index in [0.29, 0.717) is 0 Å². The maximum absolute atomic E-state index is 6.10. The summed E-state index contributed by atoms with van der Waals surface area (Å²) >= 11 is 1.53. The maximum Gasteiger partial charge on any atom is 0.211 e. The molecule has 0 saturated carbocycles. The molecule has 0 unspecified atom stereocenters. The van der Waals surface area contributed by atoms with Crippen LogP contribution >= 0.6 is 11.3 Å². The molecule has 0 fully saturated rings. The van der Waals surface area contributed by atoms with Crippen LogP contribution in [0.4, 0.5) is 5.69 Å². The molecule has 0 N–H and O–H groups in total. The van der Waals surface area contributed by atoms with Crippen LogP contribution in [0.1, 0.15) is 16.8 Å². The Bertz CT molecular complexity index is 1420. The highest BCUT2D eigenvalue weighted by Crippen LogP contribution is 2.28. The first-order chi connectivity index (χ1) is 15.2. The van der Waals surface area contributed by atoms with Gasteiger partial charge in [-0.15, -0.1) is 11.3 Å². The molecule has 31 heavy (non-hydrogen) atoms. The average molecular weight is 425 g/mol. The van der Waals surface area contributed by atoms with Gasteiger partial charge in [0, 0.05) is 17.0 Å². The van der Waals surface area contributed by atoms with Gasteiger partial charge in [0.15, 0.2) is 5.76 Å². The summed E-state index contributed by atoms with van der Waals surface area (Å²) in [6.45, 7) is 4.15. The van der Waals surface area contributed by atoms with Crippen molar-refractivity contribution in [1.82, 2.24) is 9.66 Å². The first-order valence-electron chi connectivity index (χ1n) is 9.94. The third-order valence-electron chi connectivity index (χ3n) is 4.92. The molecule has 5 aromatic rings. The highest BCUT2D eigenvalue weighted by molar-refractivity contribution is 7.07. The second kappa shape index (κ2) is 8.16. The van der Waals surface area contributed by atoms with Crippen LogP contribution in [0.25, 0.3) is 22.4 Å². The van der Waals surface area contributed by atoms with Crippen molar-refractivity contribution in [2.75, 3.05) is 0 Å². The van der Waals surface area contributed by atoms with E-state index in [1.54, 1.807) is 12.4 Å². The van der Waals surface area contributed by atoms with Gasteiger partial charge in [-0.2, -0.15) is 5.10 Å². The van der Waals surface area contributed by atoms with Gasteiger partial charge >= 0.3 is 0 Å². The fourth-order valence-electron chi connectivity index (χ4n) is 3.37. The van der Waals surface area contributed by atoms with E-state index < -0.39 is 0 Å². The van der Waals surface area contributed by atoms with Crippen molar-refractivity contribution in [2.45, 2.75) is 13.8 Å². The Labute approximate surface area is 183 Å². The minimum atomic E-state index is 0.748. The van der Waals surface area contributed by atoms with Crippen LogP contribution < -0.4 is 4.80 Å². The number of hydrogen-bond acceptors (Lipinski definition) is 5. The first kappa shape index (κ1) is 19.2. The largest absolute Gasteiger partial charge is 0.454 e. The molecule has 5 nitrogen and oxygen atoms in total. The van der Waals surface area contributed by atoms with E-state index in [9.17, 15) is 0 Å². The Hall–Kier alpha value is -3.77. The van der Waals surface area contributed by atoms with Crippen molar-refractivity contribution < 1.29 is 4.42 Å². The van der Waals surface area contributed by atoms with Crippen molar-refractivity contribution in [3.63, 3.8) is 0 Å². The highest BCUT2D eigenvalue weighted by atomic mass is 32.1. The van der Waals surface area contributed by atoms with Crippen LogP contribution in [0.2, 0.25) is 0 Å². The molecule has 0 amide bonds. The lowest BCUT2D eigenvalue weighted by Crippen LogP contribution is -2.11. The number of rotatable bonds is 4. The molecule has 0 saturated heterocycles. The Kier molecular flexibility index (Phi) is 5.06. The second-order valence-corrected chi connectivity index (χ2v) is 8.10. The summed E-state index contributed by atoms with van der Waals surface area (Å²) < 4.78 is 7.92. The van der Waals surface area contributed by atoms with Crippen LogP contribution in [0.15, 0.2) is 92.8 Å². The predicted molar refractivity (Wildman–Crippen MR) is 126 cm³/mol. The van der Waals surface area contributed by atoms with Crippen LogP contribution in [0, 0.1) is 13.8 Å². The SMILES string of the molecule is Cc1ccc(N=c2scc(-c3cc4ccccc4o3)n2N=Cc2ccccn2)c(C)c1. The minimum Gasteiger partial charge on any atom is -0.454 e. The molecule has 0 radical (unpaired) electrons. The smallest absolute Gasteiger partial charge is 0.211 e. The lowest BCUT2D eigenvalue weighted by molar-refractivity contribution is 0.622. The monoisotopic (exact) mass is 424 g/mol. The van der Waals surface area contributed by atoms with E-state index in [4.69, 9.17) is 14.5 Å². The van der Waals surface area contributed by atoms with Gasteiger partial charge in [-0.3, -0.25) is 4.98 Å². The number of benzene rings is 2. The predicted octanol–water partition coefficient (Wildman–Crippen LogP) is 6.09. The summed E-state index contributed by atoms with van der Waals surface area (Å²) in [4.78, 5) is 10.00. The molecule has 6 heteroatoms. The second-order valence-electron chi connectivity index (χ2n) is 7.26. The fraction of sp³-hybridized carbons (Fsp3) is 0.0800. The van der Waals surface area contributed by atoms with Crippen molar-refractivity contribution in [2.24, 2.45) is 10.1 Å². The van der Waals surface area contributed by atoms with Crippen molar-refractivity contribution >= 4 is 34.2 Å². The number of aromatic nitrogens is 2. The third-order valence-corrected chi connectivity index (χ3v) is 5.74. The van der Waals surface area contributed by atoms with Gasteiger partial charge in [0.25, 0.3) is 0 Å². The van der Waals surface area contributed by atoms with Gasteiger partial charge < -0.3 is 4.42 Å². The Morgan fingerprint density at radius 3 is 2.68 bits per heavy atom. The molecule has 2 aromatic carbocycles. The number of para-hydroxylation sites is 1. The summed E-state index contributed by atoms with van der Waals surface area (Å²) in [7, 11) is 0. The molecule has 0 bridgehead atoms. The van der Waals surface area contributed by atoms with Crippen molar-refractivity contribution in [3.8, 4) is 11.5 Å². The molecular weight excluding hydrogens is 404 g/mol.